The third-order valence-corrected chi connectivity index (χ3v) is 7.21. The standard InChI is InChI=1S/C18H20ClN3O6S2/c1-2-7-29(25,26)20-15-5-4-14(19)10-13(15)8-12-3-6-16(17(23)9-12)22-11-18(24)21-30(22,27)28/h3-6,9-11,20-21,23-24H,2,7-8H2,1H3. The van der Waals surface area contributed by atoms with Gasteiger partial charge in [-0.2, -0.15) is 8.42 Å². The second-order valence-electron chi connectivity index (χ2n) is 6.64. The minimum Gasteiger partial charge on any atom is -0.506 e. The maximum atomic E-state index is 12.1. The number of phenolic OH excluding ortho intramolecular Hbond substituents is 1. The van der Waals surface area contributed by atoms with Crippen molar-refractivity contribution in [1.82, 2.24) is 4.72 Å². The molecule has 3 rings (SSSR count). The number of aliphatic hydroxyl groups excluding tert-OH is 1. The molecule has 1 heterocycles. The Labute approximate surface area is 179 Å². The van der Waals surface area contributed by atoms with Crippen LogP contribution in [0.5, 0.6) is 5.75 Å². The first kappa shape index (κ1) is 22.1. The molecule has 0 amide bonds. The Hall–Kier alpha value is -2.63. The average molecular weight is 474 g/mol. The lowest BCUT2D eigenvalue weighted by Crippen LogP contribution is -2.29. The molecule has 30 heavy (non-hydrogen) atoms. The zero-order valence-corrected chi connectivity index (χ0v) is 18.2. The summed E-state index contributed by atoms with van der Waals surface area (Å²) in [5.74, 6) is -0.927. The van der Waals surface area contributed by atoms with Crippen LogP contribution in [0.1, 0.15) is 24.5 Å². The molecular formula is C18H20ClN3O6S2. The molecule has 0 saturated carbocycles. The molecule has 0 spiro atoms. The van der Waals surface area contributed by atoms with Crippen molar-refractivity contribution >= 4 is 43.2 Å². The fourth-order valence-electron chi connectivity index (χ4n) is 2.97. The van der Waals surface area contributed by atoms with Crippen LogP contribution in [0.3, 0.4) is 0 Å². The molecule has 2 aromatic rings. The molecule has 0 radical (unpaired) electrons. The summed E-state index contributed by atoms with van der Waals surface area (Å²) >= 11 is 6.07. The van der Waals surface area contributed by atoms with E-state index in [1.54, 1.807) is 31.2 Å². The third kappa shape index (κ3) is 4.91. The van der Waals surface area contributed by atoms with Gasteiger partial charge in [-0.25, -0.2) is 17.4 Å². The monoisotopic (exact) mass is 473 g/mol. The van der Waals surface area contributed by atoms with Crippen molar-refractivity contribution in [2.24, 2.45) is 0 Å². The number of nitrogens with one attached hydrogen (secondary N) is 2. The van der Waals surface area contributed by atoms with Crippen LogP contribution in [0.4, 0.5) is 11.4 Å². The van der Waals surface area contributed by atoms with E-state index in [1.807, 2.05) is 4.72 Å². The van der Waals surface area contributed by atoms with Gasteiger partial charge in [0.05, 0.1) is 17.6 Å². The van der Waals surface area contributed by atoms with Crippen molar-refractivity contribution in [3.8, 4) is 5.75 Å². The Morgan fingerprint density at radius 1 is 1.17 bits per heavy atom. The topological polar surface area (TPSA) is 136 Å². The minimum atomic E-state index is -4.04. The number of rotatable bonds is 7. The quantitative estimate of drug-likeness (QED) is 0.488. The Morgan fingerprint density at radius 2 is 1.90 bits per heavy atom. The molecule has 0 unspecified atom stereocenters. The second-order valence-corrected chi connectivity index (χ2v) is 10.5. The van der Waals surface area contributed by atoms with Gasteiger partial charge in [0, 0.05) is 5.02 Å². The van der Waals surface area contributed by atoms with Gasteiger partial charge in [0.25, 0.3) is 0 Å². The number of aliphatic hydroxyl groups is 1. The predicted molar refractivity (Wildman–Crippen MR) is 115 cm³/mol. The first-order valence-corrected chi connectivity index (χ1v) is 12.3. The molecule has 1 aliphatic heterocycles. The van der Waals surface area contributed by atoms with Crippen molar-refractivity contribution in [3.63, 3.8) is 0 Å². The molecule has 0 fully saturated rings. The Balaban J connectivity index is 1.91. The van der Waals surface area contributed by atoms with E-state index >= 15 is 0 Å². The maximum absolute atomic E-state index is 12.1. The van der Waals surface area contributed by atoms with Gasteiger partial charge < -0.3 is 10.2 Å². The van der Waals surface area contributed by atoms with E-state index in [4.69, 9.17) is 11.6 Å². The van der Waals surface area contributed by atoms with Crippen molar-refractivity contribution in [1.29, 1.82) is 0 Å². The molecule has 2 aromatic carbocycles. The number of benzene rings is 2. The number of hydrogen-bond donors (Lipinski definition) is 4. The molecule has 162 valence electrons. The molecule has 0 saturated heterocycles. The summed E-state index contributed by atoms with van der Waals surface area (Å²) in [6.45, 7) is 1.76. The summed E-state index contributed by atoms with van der Waals surface area (Å²) in [6.07, 6.45) is 1.62. The van der Waals surface area contributed by atoms with Gasteiger partial charge in [0.15, 0.2) is 0 Å². The predicted octanol–water partition coefficient (Wildman–Crippen LogP) is 2.80. The van der Waals surface area contributed by atoms with Crippen LogP contribution in [-0.4, -0.2) is 32.8 Å². The molecule has 9 nitrogen and oxygen atoms in total. The summed E-state index contributed by atoms with van der Waals surface area (Å²) in [6, 6.07) is 9.07. The summed E-state index contributed by atoms with van der Waals surface area (Å²) in [5, 5.41) is 20.2. The molecule has 0 bridgehead atoms. The fraction of sp³-hybridized carbons (Fsp3) is 0.222. The molecule has 0 atom stereocenters. The first-order valence-electron chi connectivity index (χ1n) is 8.84. The van der Waals surface area contributed by atoms with E-state index < -0.39 is 26.1 Å². The number of aromatic hydroxyl groups is 1. The van der Waals surface area contributed by atoms with E-state index in [2.05, 4.69) is 4.72 Å². The van der Waals surface area contributed by atoms with E-state index in [1.165, 1.54) is 12.1 Å². The largest absolute Gasteiger partial charge is 0.506 e. The van der Waals surface area contributed by atoms with Crippen LogP contribution in [0, 0.1) is 0 Å². The van der Waals surface area contributed by atoms with Gasteiger partial charge in [-0.1, -0.05) is 24.6 Å². The van der Waals surface area contributed by atoms with Crippen LogP contribution in [0.15, 0.2) is 48.5 Å². The van der Waals surface area contributed by atoms with Gasteiger partial charge >= 0.3 is 10.2 Å². The highest BCUT2D eigenvalue weighted by atomic mass is 35.5. The average Bonchev–Trinajstić information content (AvgIpc) is 2.89. The highest BCUT2D eigenvalue weighted by Crippen LogP contribution is 2.34. The number of sulfonamides is 1. The second kappa shape index (κ2) is 8.25. The van der Waals surface area contributed by atoms with Crippen molar-refractivity contribution in [2.75, 3.05) is 14.8 Å². The lowest BCUT2D eigenvalue weighted by molar-refractivity contribution is 0.392. The highest BCUT2D eigenvalue weighted by Gasteiger charge is 2.30. The maximum Gasteiger partial charge on any atom is 0.330 e. The zero-order valence-electron chi connectivity index (χ0n) is 15.8. The van der Waals surface area contributed by atoms with E-state index in [9.17, 15) is 27.0 Å². The van der Waals surface area contributed by atoms with Gasteiger partial charge in [0.1, 0.15) is 11.4 Å². The summed E-state index contributed by atoms with van der Waals surface area (Å²) in [7, 11) is -7.54. The fourth-order valence-corrected chi connectivity index (χ4v) is 5.40. The highest BCUT2D eigenvalue weighted by molar-refractivity contribution is 7.92. The van der Waals surface area contributed by atoms with Crippen LogP contribution in [-0.2, 0) is 26.7 Å². The SMILES string of the molecule is CCCS(=O)(=O)Nc1ccc(Cl)cc1Cc1ccc(N2C=C(O)NS2(=O)=O)c(O)c1. The van der Waals surface area contributed by atoms with Gasteiger partial charge in [0.2, 0.25) is 15.9 Å². The molecule has 4 N–H and O–H groups in total. The number of phenols is 1. The van der Waals surface area contributed by atoms with E-state index in [0.29, 0.717) is 32.6 Å². The lowest BCUT2D eigenvalue weighted by atomic mass is 10.0. The third-order valence-electron chi connectivity index (χ3n) is 4.21. The number of nitrogens with zero attached hydrogens (tertiary/aromatic N) is 1. The van der Waals surface area contributed by atoms with E-state index in [0.717, 1.165) is 6.20 Å². The number of hydrogen-bond acceptors (Lipinski definition) is 6. The van der Waals surface area contributed by atoms with E-state index in [-0.39, 0.29) is 23.6 Å². The van der Waals surface area contributed by atoms with Crippen molar-refractivity contribution < 1.29 is 27.0 Å². The number of anilines is 2. The normalized spacial score (nSPS) is 15.5. The molecular weight excluding hydrogens is 454 g/mol. The van der Waals surface area contributed by atoms with Gasteiger partial charge in [-0.05, 0) is 54.3 Å². The van der Waals surface area contributed by atoms with Crippen LogP contribution >= 0.6 is 11.6 Å². The Bertz CT molecular complexity index is 1210. The molecule has 1 aliphatic rings. The summed E-state index contributed by atoms with van der Waals surface area (Å²) in [5.41, 5.74) is 1.50. The molecule has 0 aliphatic carbocycles. The number of halogens is 1. The van der Waals surface area contributed by atoms with Crippen LogP contribution in [0.25, 0.3) is 0 Å². The first-order chi connectivity index (χ1) is 14.0. The summed E-state index contributed by atoms with van der Waals surface area (Å²) < 4.78 is 53.4. The van der Waals surface area contributed by atoms with Gasteiger partial charge in [-0.15, -0.1) is 0 Å². The van der Waals surface area contributed by atoms with Gasteiger partial charge in [-0.3, -0.25) is 4.72 Å². The molecule has 12 heteroatoms. The smallest absolute Gasteiger partial charge is 0.330 e. The zero-order chi connectivity index (χ0) is 22.1. The van der Waals surface area contributed by atoms with Crippen LogP contribution < -0.4 is 13.7 Å². The Morgan fingerprint density at radius 3 is 2.50 bits per heavy atom. The van der Waals surface area contributed by atoms with Crippen LogP contribution in [0.2, 0.25) is 5.02 Å². The summed E-state index contributed by atoms with van der Waals surface area (Å²) in [4.78, 5) is 0. The lowest BCUT2D eigenvalue weighted by Gasteiger charge is -2.17. The minimum absolute atomic E-state index is 0.0245. The Kier molecular flexibility index (Phi) is 6.06. The van der Waals surface area contributed by atoms with Crippen molar-refractivity contribution in [2.45, 2.75) is 19.8 Å². The van der Waals surface area contributed by atoms with Crippen molar-refractivity contribution in [3.05, 3.63) is 64.6 Å². The molecule has 0 aromatic heterocycles.